The van der Waals surface area contributed by atoms with Crippen molar-refractivity contribution in [1.82, 2.24) is 34.5 Å². The van der Waals surface area contributed by atoms with E-state index in [-0.39, 0.29) is 6.10 Å². The predicted octanol–water partition coefficient (Wildman–Crippen LogP) is 1.69. The van der Waals surface area contributed by atoms with E-state index in [1.54, 1.807) is 34.9 Å². The largest absolute Gasteiger partial charge is 0.485 e. The number of anilines is 2. The summed E-state index contributed by atoms with van der Waals surface area (Å²) in [5.41, 5.74) is 1.33. The first-order valence-electron chi connectivity index (χ1n) is 9.36. The number of aryl methyl sites for hydroxylation is 2. The molecule has 0 aromatic carbocycles. The van der Waals surface area contributed by atoms with Crippen molar-refractivity contribution in [3.05, 3.63) is 30.6 Å². The van der Waals surface area contributed by atoms with E-state index in [2.05, 4.69) is 30.5 Å². The molecule has 11 nitrogen and oxygen atoms in total. The minimum Gasteiger partial charge on any atom is -0.485 e. The van der Waals surface area contributed by atoms with Gasteiger partial charge in [-0.15, -0.1) is 0 Å². The summed E-state index contributed by atoms with van der Waals surface area (Å²) in [6.07, 6.45) is 3.43. The lowest BCUT2D eigenvalue weighted by Crippen LogP contribution is -2.38. The highest BCUT2D eigenvalue weighted by Gasteiger charge is 2.23. The highest BCUT2D eigenvalue weighted by molar-refractivity contribution is 5.84. The lowest BCUT2D eigenvalue weighted by Gasteiger charge is -2.27. The molecule has 0 saturated carbocycles. The topological polar surface area (TPSA) is 114 Å². The van der Waals surface area contributed by atoms with Gasteiger partial charge in [0.15, 0.2) is 11.5 Å². The molecule has 1 aliphatic rings. The van der Waals surface area contributed by atoms with Crippen molar-refractivity contribution >= 4 is 22.7 Å². The number of ether oxygens (including phenoxy) is 3. The number of nitrogens with zero attached hydrogens (tertiary/aromatic N) is 7. The van der Waals surface area contributed by atoms with Gasteiger partial charge in [0, 0.05) is 38.5 Å². The van der Waals surface area contributed by atoms with Gasteiger partial charge in [0.25, 0.3) is 0 Å². The van der Waals surface area contributed by atoms with E-state index in [1.807, 2.05) is 26.2 Å². The highest BCUT2D eigenvalue weighted by atomic mass is 16.6. The van der Waals surface area contributed by atoms with Crippen molar-refractivity contribution in [2.45, 2.75) is 6.10 Å². The van der Waals surface area contributed by atoms with Gasteiger partial charge < -0.3 is 19.5 Å². The average molecular weight is 408 g/mol. The van der Waals surface area contributed by atoms with Gasteiger partial charge in [0.2, 0.25) is 5.88 Å². The van der Waals surface area contributed by atoms with Crippen LogP contribution in [-0.4, -0.2) is 60.9 Å². The Morgan fingerprint density at radius 2 is 2.03 bits per heavy atom. The molecule has 0 spiro atoms. The zero-order chi connectivity index (χ0) is 20.7. The number of rotatable bonds is 6. The molecule has 5 rings (SSSR count). The molecule has 0 radical (unpaired) electrons. The van der Waals surface area contributed by atoms with Gasteiger partial charge in [-0.05, 0) is 0 Å². The second-order valence-electron chi connectivity index (χ2n) is 6.87. The van der Waals surface area contributed by atoms with Crippen molar-refractivity contribution in [1.29, 1.82) is 0 Å². The first-order valence-corrected chi connectivity index (χ1v) is 9.36. The van der Waals surface area contributed by atoms with Crippen LogP contribution < -0.4 is 14.8 Å². The predicted molar refractivity (Wildman–Crippen MR) is 108 cm³/mol. The van der Waals surface area contributed by atoms with Crippen LogP contribution >= 0.6 is 0 Å². The molecule has 1 fully saturated rings. The van der Waals surface area contributed by atoms with Gasteiger partial charge in [-0.3, -0.25) is 9.36 Å². The van der Waals surface area contributed by atoms with Gasteiger partial charge in [0.05, 0.1) is 31.9 Å². The molecule has 30 heavy (non-hydrogen) atoms. The van der Waals surface area contributed by atoms with Crippen molar-refractivity contribution < 1.29 is 14.2 Å². The molecule has 154 valence electrons. The molecular weight excluding hydrogens is 388 g/mol. The van der Waals surface area contributed by atoms with Crippen LogP contribution in [0.1, 0.15) is 0 Å². The molecule has 1 saturated heterocycles. The molecule has 1 N–H and O–H groups in total. The van der Waals surface area contributed by atoms with Gasteiger partial charge >= 0.3 is 0 Å². The third-order valence-electron chi connectivity index (χ3n) is 4.77. The van der Waals surface area contributed by atoms with Gasteiger partial charge in [0.1, 0.15) is 29.2 Å². The normalized spacial score (nSPS) is 14.0. The summed E-state index contributed by atoms with van der Waals surface area (Å²) < 4.78 is 19.9. The Balaban J connectivity index is 1.48. The molecule has 0 bridgehead atoms. The standard InChI is InChI=1S/C19H20N8O3/c1-26-16(6-13(25-26)18-20-5-4-17(24-18)28-3)22-15-7-14(30-11-9-29-10-11)12-8-21-27(2)19(12)23-15/h4-8,11H,9-10H2,1-3H3,(H,22,23). The maximum Gasteiger partial charge on any atom is 0.216 e. The molecule has 5 heterocycles. The van der Waals surface area contributed by atoms with E-state index in [9.17, 15) is 0 Å². The van der Waals surface area contributed by atoms with E-state index < -0.39 is 0 Å². The Morgan fingerprint density at radius 1 is 1.17 bits per heavy atom. The zero-order valence-corrected chi connectivity index (χ0v) is 16.7. The zero-order valence-electron chi connectivity index (χ0n) is 16.7. The van der Waals surface area contributed by atoms with Crippen LogP contribution in [-0.2, 0) is 18.8 Å². The van der Waals surface area contributed by atoms with E-state index in [0.717, 1.165) is 11.2 Å². The maximum atomic E-state index is 6.07. The third kappa shape index (κ3) is 3.28. The van der Waals surface area contributed by atoms with Crippen LogP contribution in [0, 0.1) is 0 Å². The lowest BCUT2D eigenvalue weighted by molar-refractivity contribution is -0.0790. The quantitative estimate of drug-likeness (QED) is 0.509. The molecule has 4 aromatic rings. The van der Waals surface area contributed by atoms with Crippen molar-refractivity contribution in [2.24, 2.45) is 14.1 Å². The third-order valence-corrected chi connectivity index (χ3v) is 4.77. The molecule has 0 aliphatic carbocycles. The number of pyridine rings is 1. The summed E-state index contributed by atoms with van der Waals surface area (Å²) in [5.74, 6) is 3.00. The SMILES string of the molecule is COc1ccnc(-c2cc(Nc3cc(OC4COC4)c4cnn(C)c4n3)n(C)n2)n1. The summed E-state index contributed by atoms with van der Waals surface area (Å²) in [6, 6.07) is 5.40. The number of aromatic nitrogens is 7. The number of methoxy groups -OCH3 is 1. The second-order valence-corrected chi connectivity index (χ2v) is 6.87. The van der Waals surface area contributed by atoms with Crippen LogP contribution in [0.5, 0.6) is 11.6 Å². The van der Waals surface area contributed by atoms with Gasteiger partial charge in [-0.25, -0.2) is 9.97 Å². The van der Waals surface area contributed by atoms with Crippen molar-refractivity contribution in [3.8, 4) is 23.1 Å². The van der Waals surface area contributed by atoms with Crippen molar-refractivity contribution in [3.63, 3.8) is 0 Å². The van der Waals surface area contributed by atoms with E-state index in [1.165, 1.54) is 0 Å². The first kappa shape index (κ1) is 18.3. The van der Waals surface area contributed by atoms with Crippen LogP contribution in [0.3, 0.4) is 0 Å². The van der Waals surface area contributed by atoms with Crippen LogP contribution in [0.15, 0.2) is 30.6 Å². The maximum absolute atomic E-state index is 6.07. The molecule has 0 unspecified atom stereocenters. The fourth-order valence-electron chi connectivity index (χ4n) is 3.11. The Bertz CT molecular complexity index is 1210. The minimum absolute atomic E-state index is 0.0390. The smallest absolute Gasteiger partial charge is 0.216 e. The number of hydrogen-bond donors (Lipinski definition) is 1. The van der Waals surface area contributed by atoms with E-state index in [4.69, 9.17) is 14.2 Å². The Morgan fingerprint density at radius 3 is 2.80 bits per heavy atom. The number of nitrogens with one attached hydrogen (secondary N) is 1. The Hall–Kier alpha value is -3.73. The van der Waals surface area contributed by atoms with Crippen molar-refractivity contribution in [2.75, 3.05) is 25.6 Å². The lowest BCUT2D eigenvalue weighted by atomic mass is 10.2. The van der Waals surface area contributed by atoms with Crippen LogP contribution in [0.2, 0.25) is 0 Å². The van der Waals surface area contributed by atoms with Gasteiger partial charge in [-0.1, -0.05) is 0 Å². The van der Waals surface area contributed by atoms with E-state index in [0.29, 0.717) is 47.8 Å². The van der Waals surface area contributed by atoms with Crippen LogP contribution in [0.25, 0.3) is 22.6 Å². The molecule has 4 aromatic heterocycles. The van der Waals surface area contributed by atoms with Crippen LogP contribution in [0.4, 0.5) is 11.6 Å². The monoisotopic (exact) mass is 408 g/mol. The highest BCUT2D eigenvalue weighted by Crippen LogP contribution is 2.31. The van der Waals surface area contributed by atoms with E-state index >= 15 is 0 Å². The second kappa shape index (κ2) is 7.26. The molecule has 0 atom stereocenters. The fourth-order valence-corrected chi connectivity index (χ4v) is 3.11. The fraction of sp³-hybridized carbons (Fsp3) is 0.316. The minimum atomic E-state index is 0.0390. The molecular formula is C19H20N8O3. The molecule has 11 heteroatoms. The summed E-state index contributed by atoms with van der Waals surface area (Å²) in [6.45, 7) is 1.16. The summed E-state index contributed by atoms with van der Waals surface area (Å²) in [4.78, 5) is 13.3. The number of fused-ring (bicyclic) bond motifs is 1. The summed E-state index contributed by atoms with van der Waals surface area (Å²) in [5, 5.41) is 13.0. The number of hydrogen-bond acceptors (Lipinski definition) is 9. The molecule has 0 amide bonds. The summed E-state index contributed by atoms with van der Waals surface area (Å²) in [7, 11) is 5.24. The summed E-state index contributed by atoms with van der Waals surface area (Å²) >= 11 is 0. The Kier molecular flexibility index (Phi) is 4.43. The Labute approximate surface area is 171 Å². The average Bonchev–Trinajstić information content (AvgIpc) is 3.28. The first-order chi connectivity index (χ1) is 14.6. The van der Waals surface area contributed by atoms with Gasteiger partial charge in [-0.2, -0.15) is 15.2 Å². The molecule has 1 aliphatic heterocycles.